The Balaban J connectivity index is 1.26. The van der Waals surface area contributed by atoms with Crippen LogP contribution < -0.4 is 14.4 Å². The number of rotatable bonds is 9. The topological polar surface area (TPSA) is 54.9 Å². The fourth-order valence-corrected chi connectivity index (χ4v) is 3.98. The summed E-state index contributed by atoms with van der Waals surface area (Å²) in [4.78, 5) is 20.7. The molecule has 3 atom stereocenters. The number of amides is 1. The zero-order valence-electron chi connectivity index (χ0n) is 19.3. The Hall–Kier alpha value is -2.90. The third-order valence-electron chi connectivity index (χ3n) is 6.50. The summed E-state index contributed by atoms with van der Waals surface area (Å²) in [6.07, 6.45) is 2.40. The fraction of sp³-hybridized carbons (Fsp3) is 0.520. The molecule has 1 saturated heterocycles. The van der Waals surface area contributed by atoms with Crippen molar-refractivity contribution in [3.63, 3.8) is 0 Å². The smallest absolute Gasteiger partial charge is 0.255 e. The van der Waals surface area contributed by atoms with E-state index in [0.717, 1.165) is 30.1 Å². The Bertz CT molecular complexity index is 952. The molecule has 4 rings (SSSR count). The summed E-state index contributed by atoms with van der Waals surface area (Å²) in [6.45, 7) is 6.12. The molecular weight excluding hydrogens is 428 g/mol. The van der Waals surface area contributed by atoms with Gasteiger partial charge in [-0.25, -0.2) is 13.8 Å². The number of anilines is 1. The number of nitrogens with zero attached hydrogens (tertiary/aromatic N) is 3. The lowest BCUT2D eigenvalue weighted by Gasteiger charge is -2.21. The molecule has 2 aromatic rings. The van der Waals surface area contributed by atoms with Gasteiger partial charge >= 0.3 is 0 Å². The van der Waals surface area contributed by atoms with Gasteiger partial charge < -0.3 is 19.3 Å². The Labute approximate surface area is 193 Å². The molecule has 8 heteroatoms. The Morgan fingerprint density at radius 3 is 2.55 bits per heavy atom. The number of carbonyl (C=O) groups excluding carboxylic acids is 1. The number of pyridine rings is 1. The van der Waals surface area contributed by atoms with E-state index in [-0.39, 0.29) is 31.0 Å². The van der Waals surface area contributed by atoms with Crippen LogP contribution >= 0.6 is 0 Å². The summed E-state index contributed by atoms with van der Waals surface area (Å²) < 4.78 is 37.5. The van der Waals surface area contributed by atoms with Crippen molar-refractivity contribution >= 4 is 11.7 Å². The molecule has 6 nitrogen and oxygen atoms in total. The molecule has 0 N–H and O–H groups in total. The Morgan fingerprint density at radius 2 is 1.94 bits per heavy atom. The van der Waals surface area contributed by atoms with Crippen LogP contribution in [0.4, 0.5) is 14.6 Å². The summed E-state index contributed by atoms with van der Waals surface area (Å²) in [5.74, 6) is -1.23. The van der Waals surface area contributed by atoms with E-state index >= 15 is 0 Å². The average molecular weight is 460 g/mol. The summed E-state index contributed by atoms with van der Waals surface area (Å²) >= 11 is 0. The molecule has 1 aliphatic carbocycles. The molecule has 1 aliphatic heterocycles. The molecule has 0 radical (unpaired) electrons. The van der Waals surface area contributed by atoms with Crippen LogP contribution in [-0.4, -0.2) is 61.1 Å². The van der Waals surface area contributed by atoms with Crippen molar-refractivity contribution in [1.29, 1.82) is 0 Å². The zero-order chi connectivity index (χ0) is 23.6. The van der Waals surface area contributed by atoms with E-state index in [9.17, 15) is 13.6 Å². The molecule has 2 fully saturated rings. The third kappa shape index (κ3) is 5.54. The minimum atomic E-state index is -2.57. The first-order valence-corrected chi connectivity index (χ1v) is 11.5. The second-order valence-electron chi connectivity index (χ2n) is 8.94. The van der Waals surface area contributed by atoms with Gasteiger partial charge in [0.05, 0.1) is 31.2 Å². The van der Waals surface area contributed by atoms with Crippen molar-refractivity contribution in [3.05, 3.63) is 48.2 Å². The minimum Gasteiger partial charge on any atom is -0.491 e. The number of benzene rings is 1. The SMILES string of the molecule is CCN(C)C(=O)C(C)c1ccc(OC2CCN(c3ccc(OCC4CC4(F)F)cn3)C2)cc1. The molecule has 0 bridgehead atoms. The molecule has 2 aliphatic rings. The number of ether oxygens (including phenoxy) is 2. The van der Waals surface area contributed by atoms with Crippen LogP contribution in [0.5, 0.6) is 11.5 Å². The Kier molecular flexibility index (Phi) is 6.72. The highest BCUT2D eigenvalue weighted by atomic mass is 19.3. The molecule has 178 valence electrons. The maximum Gasteiger partial charge on any atom is 0.255 e. The largest absolute Gasteiger partial charge is 0.491 e. The van der Waals surface area contributed by atoms with Crippen molar-refractivity contribution in [2.45, 2.75) is 44.6 Å². The number of likely N-dealkylation sites (N-methyl/N-ethyl adjacent to an activating group) is 1. The highest BCUT2D eigenvalue weighted by Crippen LogP contribution is 2.48. The molecule has 1 amide bonds. The summed E-state index contributed by atoms with van der Waals surface area (Å²) in [7, 11) is 1.81. The first-order valence-electron chi connectivity index (χ1n) is 11.5. The molecule has 1 aromatic heterocycles. The lowest BCUT2D eigenvalue weighted by atomic mass is 10.00. The van der Waals surface area contributed by atoms with Crippen LogP contribution in [0, 0.1) is 5.92 Å². The van der Waals surface area contributed by atoms with Crippen molar-refractivity contribution in [2.75, 3.05) is 38.2 Å². The number of carbonyl (C=O) groups is 1. The van der Waals surface area contributed by atoms with Gasteiger partial charge in [0, 0.05) is 33.0 Å². The number of aromatic nitrogens is 1. The molecule has 1 aromatic carbocycles. The molecule has 3 unspecified atom stereocenters. The molecule has 33 heavy (non-hydrogen) atoms. The maximum absolute atomic E-state index is 13.0. The van der Waals surface area contributed by atoms with Gasteiger partial charge in [0.15, 0.2) is 0 Å². The van der Waals surface area contributed by atoms with E-state index in [1.807, 2.05) is 51.2 Å². The second-order valence-corrected chi connectivity index (χ2v) is 8.94. The number of hydrogen-bond donors (Lipinski definition) is 0. The maximum atomic E-state index is 13.0. The standard InChI is InChI=1S/C25H31F2N3O3/c1-4-29(3)24(31)17(2)18-5-7-20(8-6-18)33-22-11-12-30(15-22)23-10-9-21(14-28-23)32-16-19-13-25(19,26)27/h5-10,14,17,19,22H,4,11-13,15-16H2,1-3H3. The number of hydrogen-bond acceptors (Lipinski definition) is 5. The zero-order valence-corrected chi connectivity index (χ0v) is 19.3. The van der Waals surface area contributed by atoms with E-state index in [0.29, 0.717) is 18.8 Å². The lowest BCUT2D eigenvalue weighted by molar-refractivity contribution is -0.130. The van der Waals surface area contributed by atoms with Gasteiger partial charge in [-0.1, -0.05) is 12.1 Å². The first-order chi connectivity index (χ1) is 15.8. The quantitative estimate of drug-likeness (QED) is 0.558. The van der Waals surface area contributed by atoms with Crippen LogP contribution in [0.2, 0.25) is 0 Å². The van der Waals surface area contributed by atoms with Gasteiger partial charge in [0.25, 0.3) is 5.92 Å². The molecule has 2 heterocycles. The van der Waals surface area contributed by atoms with Crippen molar-refractivity contribution in [1.82, 2.24) is 9.88 Å². The van der Waals surface area contributed by atoms with E-state index in [2.05, 4.69) is 9.88 Å². The second kappa shape index (κ2) is 9.53. The summed E-state index contributed by atoms with van der Waals surface area (Å²) in [5.41, 5.74) is 0.970. The van der Waals surface area contributed by atoms with Crippen LogP contribution in [0.25, 0.3) is 0 Å². The van der Waals surface area contributed by atoms with Gasteiger partial charge in [-0.3, -0.25) is 4.79 Å². The van der Waals surface area contributed by atoms with Crippen molar-refractivity contribution < 1.29 is 23.0 Å². The lowest BCUT2D eigenvalue weighted by Crippen LogP contribution is -2.30. The fourth-order valence-electron chi connectivity index (χ4n) is 3.98. The van der Waals surface area contributed by atoms with Gasteiger partial charge in [0.1, 0.15) is 23.4 Å². The highest BCUT2D eigenvalue weighted by molar-refractivity contribution is 5.83. The average Bonchev–Trinajstić information content (AvgIpc) is 3.19. The normalized spacial score (nSPS) is 22.0. The van der Waals surface area contributed by atoms with Crippen LogP contribution in [0.1, 0.15) is 38.2 Å². The van der Waals surface area contributed by atoms with Gasteiger partial charge in [0.2, 0.25) is 5.91 Å². The van der Waals surface area contributed by atoms with Crippen LogP contribution in [0.15, 0.2) is 42.6 Å². The predicted octanol–water partition coefficient (Wildman–Crippen LogP) is 4.36. The van der Waals surface area contributed by atoms with E-state index in [1.165, 1.54) is 0 Å². The summed E-state index contributed by atoms with van der Waals surface area (Å²) in [6, 6.07) is 11.4. The van der Waals surface area contributed by atoms with Gasteiger partial charge in [-0.15, -0.1) is 0 Å². The third-order valence-corrected chi connectivity index (χ3v) is 6.50. The van der Waals surface area contributed by atoms with E-state index < -0.39 is 11.8 Å². The molecular formula is C25H31F2N3O3. The van der Waals surface area contributed by atoms with Gasteiger partial charge in [-0.2, -0.15) is 0 Å². The molecule has 1 saturated carbocycles. The predicted molar refractivity (Wildman–Crippen MR) is 122 cm³/mol. The first kappa shape index (κ1) is 23.3. The molecule has 0 spiro atoms. The minimum absolute atomic E-state index is 0.0225. The van der Waals surface area contributed by atoms with E-state index in [1.54, 1.807) is 17.2 Å². The monoisotopic (exact) mass is 459 g/mol. The Morgan fingerprint density at radius 1 is 1.24 bits per heavy atom. The highest BCUT2D eigenvalue weighted by Gasteiger charge is 2.57. The van der Waals surface area contributed by atoms with Gasteiger partial charge in [-0.05, 0) is 43.7 Å². The summed E-state index contributed by atoms with van der Waals surface area (Å²) in [5, 5.41) is 0. The van der Waals surface area contributed by atoms with Crippen molar-refractivity contribution in [3.8, 4) is 11.5 Å². The van der Waals surface area contributed by atoms with Crippen LogP contribution in [-0.2, 0) is 4.79 Å². The number of alkyl halides is 2. The van der Waals surface area contributed by atoms with Crippen molar-refractivity contribution in [2.24, 2.45) is 5.92 Å². The van der Waals surface area contributed by atoms with E-state index in [4.69, 9.17) is 9.47 Å². The number of halogens is 2. The van der Waals surface area contributed by atoms with Crippen LogP contribution in [0.3, 0.4) is 0 Å².